The van der Waals surface area contributed by atoms with E-state index in [0.717, 1.165) is 38.5 Å². The predicted molar refractivity (Wildman–Crippen MR) is 128 cm³/mol. The second-order valence-corrected chi connectivity index (χ2v) is 9.37. The monoisotopic (exact) mass is 448 g/mol. The number of ketones is 1. The van der Waals surface area contributed by atoms with Gasteiger partial charge < -0.3 is 19.7 Å². The first-order valence-corrected chi connectivity index (χ1v) is 12.9. The van der Waals surface area contributed by atoms with E-state index in [1.54, 1.807) is 0 Å². The SMILES string of the molecule is CCCCCCCCCCCCC(C)C(OC1CCCCO1)C(=O)c1cc(O)ccc1O. The van der Waals surface area contributed by atoms with Gasteiger partial charge in [-0.1, -0.05) is 78.1 Å². The van der Waals surface area contributed by atoms with E-state index < -0.39 is 6.10 Å². The van der Waals surface area contributed by atoms with Crippen LogP contribution < -0.4 is 0 Å². The molecular formula is C27H44O5. The van der Waals surface area contributed by atoms with E-state index in [1.807, 2.05) is 6.92 Å². The molecule has 1 fully saturated rings. The molecule has 0 radical (unpaired) electrons. The number of Topliss-reactive ketones (excluding diaryl/α,β-unsaturated/α-hetero) is 1. The lowest BCUT2D eigenvalue weighted by Crippen LogP contribution is -2.37. The van der Waals surface area contributed by atoms with Gasteiger partial charge in [-0.3, -0.25) is 4.79 Å². The fraction of sp³-hybridized carbons (Fsp3) is 0.741. The van der Waals surface area contributed by atoms with Crippen molar-refractivity contribution in [3.8, 4) is 11.5 Å². The highest BCUT2D eigenvalue weighted by Crippen LogP contribution is 2.29. The summed E-state index contributed by atoms with van der Waals surface area (Å²) in [6, 6.07) is 4.05. The summed E-state index contributed by atoms with van der Waals surface area (Å²) >= 11 is 0. The van der Waals surface area contributed by atoms with Crippen LogP contribution in [0.15, 0.2) is 18.2 Å². The van der Waals surface area contributed by atoms with Crippen molar-refractivity contribution in [1.29, 1.82) is 0 Å². The average Bonchev–Trinajstić information content (AvgIpc) is 2.80. The quantitative estimate of drug-likeness (QED) is 0.160. The van der Waals surface area contributed by atoms with Crippen molar-refractivity contribution in [3.05, 3.63) is 23.8 Å². The fourth-order valence-electron chi connectivity index (χ4n) is 4.42. The molecule has 3 unspecified atom stereocenters. The van der Waals surface area contributed by atoms with Gasteiger partial charge in [0.25, 0.3) is 0 Å². The number of benzene rings is 1. The van der Waals surface area contributed by atoms with Crippen LogP contribution in [0.2, 0.25) is 0 Å². The second kappa shape index (κ2) is 15.3. The van der Waals surface area contributed by atoms with Crippen LogP contribution in [-0.2, 0) is 9.47 Å². The number of phenolic OH excluding ortho intramolecular Hbond substituents is 2. The van der Waals surface area contributed by atoms with Gasteiger partial charge in [0.05, 0.1) is 5.56 Å². The smallest absolute Gasteiger partial charge is 0.195 e. The molecule has 1 aromatic rings. The molecule has 0 aliphatic carbocycles. The van der Waals surface area contributed by atoms with Crippen LogP contribution in [0.5, 0.6) is 11.5 Å². The van der Waals surface area contributed by atoms with E-state index in [-0.39, 0.29) is 35.1 Å². The lowest BCUT2D eigenvalue weighted by Gasteiger charge is -2.30. The Morgan fingerprint density at radius 2 is 1.69 bits per heavy atom. The van der Waals surface area contributed by atoms with Gasteiger partial charge in [-0.2, -0.15) is 0 Å². The fourth-order valence-corrected chi connectivity index (χ4v) is 4.42. The minimum absolute atomic E-state index is 0.00354. The molecule has 32 heavy (non-hydrogen) atoms. The largest absolute Gasteiger partial charge is 0.508 e. The molecule has 2 rings (SSSR count). The van der Waals surface area contributed by atoms with Gasteiger partial charge in [-0.05, 0) is 49.8 Å². The Balaban J connectivity index is 1.84. The van der Waals surface area contributed by atoms with Crippen molar-refractivity contribution in [1.82, 2.24) is 0 Å². The maximum Gasteiger partial charge on any atom is 0.195 e. The van der Waals surface area contributed by atoms with Crippen LogP contribution in [0, 0.1) is 5.92 Å². The number of rotatable bonds is 16. The van der Waals surface area contributed by atoms with Crippen LogP contribution in [0.4, 0.5) is 0 Å². The summed E-state index contributed by atoms with van der Waals surface area (Å²) in [5.74, 6) is -0.450. The number of hydrogen-bond acceptors (Lipinski definition) is 5. The third-order valence-corrected chi connectivity index (χ3v) is 6.47. The first kappa shape index (κ1) is 26.7. The minimum atomic E-state index is -0.690. The van der Waals surface area contributed by atoms with E-state index in [4.69, 9.17) is 9.47 Å². The molecule has 3 atom stereocenters. The molecule has 0 bridgehead atoms. The van der Waals surface area contributed by atoms with Crippen molar-refractivity contribution in [3.63, 3.8) is 0 Å². The molecule has 0 amide bonds. The molecule has 0 spiro atoms. The number of ether oxygens (including phenoxy) is 2. The zero-order valence-corrected chi connectivity index (χ0v) is 20.2. The van der Waals surface area contributed by atoms with Crippen LogP contribution in [0.25, 0.3) is 0 Å². The number of aromatic hydroxyl groups is 2. The van der Waals surface area contributed by atoms with Gasteiger partial charge in [-0.25, -0.2) is 0 Å². The van der Waals surface area contributed by atoms with Crippen molar-refractivity contribution in [2.24, 2.45) is 5.92 Å². The van der Waals surface area contributed by atoms with Gasteiger partial charge in [0, 0.05) is 6.61 Å². The maximum absolute atomic E-state index is 13.3. The molecule has 182 valence electrons. The summed E-state index contributed by atoms with van der Waals surface area (Å²) in [5.41, 5.74) is 0.112. The Morgan fingerprint density at radius 1 is 1.03 bits per heavy atom. The highest BCUT2D eigenvalue weighted by molar-refractivity contribution is 6.02. The summed E-state index contributed by atoms with van der Waals surface area (Å²) in [4.78, 5) is 13.3. The first-order valence-electron chi connectivity index (χ1n) is 12.9. The Bertz CT molecular complexity index is 653. The van der Waals surface area contributed by atoms with Crippen molar-refractivity contribution < 1.29 is 24.5 Å². The van der Waals surface area contributed by atoms with Gasteiger partial charge in [0.15, 0.2) is 12.1 Å². The van der Waals surface area contributed by atoms with Gasteiger partial charge in [0.1, 0.15) is 17.6 Å². The molecule has 1 heterocycles. The van der Waals surface area contributed by atoms with E-state index in [0.29, 0.717) is 6.61 Å². The van der Waals surface area contributed by atoms with E-state index in [2.05, 4.69) is 6.92 Å². The highest BCUT2D eigenvalue weighted by atomic mass is 16.7. The number of carbonyl (C=O) groups is 1. The summed E-state index contributed by atoms with van der Waals surface area (Å²) < 4.78 is 11.9. The molecule has 5 heteroatoms. The molecule has 5 nitrogen and oxygen atoms in total. The lowest BCUT2D eigenvalue weighted by molar-refractivity contribution is -0.186. The normalized spacial score (nSPS) is 18.4. The third-order valence-electron chi connectivity index (χ3n) is 6.47. The number of carbonyl (C=O) groups excluding carboxylic acids is 1. The highest BCUT2D eigenvalue weighted by Gasteiger charge is 2.32. The first-order chi connectivity index (χ1) is 15.5. The average molecular weight is 449 g/mol. The molecule has 1 aromatic carbocycles. The summed E-state index contributed by atoms with van der Waals surface area (Å²) in [6.07, 6.45) is 15.4. The zero-order valence-electron chi connectivity index (χ0n) is 20.2. The van der Waals surface area contributed by atoms with Crippen LogP contribution in [0.1, 0.15) is 114 Å². The lowest BCUT2D eigenvalue weighted by atomic mass is 9.90. The molecule has 1 saturated heterocycles. The second-order valence-electron chi connectivity index (χ2n) is 9.37. The van der Waals surface area contributed by atoms with E-state index >= 15 is 0 Å². The zero-order chi connectivity index (χ0) is 23.2. The van der Waals surface area contributed by atoms with Gasteiger partial charge >= 0.3 is 0 Å². The standard InChI is InChI=1S/C27H44O5/c1-3-4-5-6-7-8-9-10-11-12-15-21(2)27(32-25-16-13-14-19-31-25)26(30)23-20-22(28)17-18-24(23)29/h17-18,20-21,25,27-29H,3-16,19H2,1-2H3. The van der Waals surface area contributed by atoms with E-state index in [9.17, 15) is 15.0 Å². The molecule has 1 aliphatic heterocycles. The van der Waals surface area contributed by atoms with Crippen molar-refractivity contribution in [2.75, 3.05) is 6.61 Å². The van der Waals surface area contributed by atoms with Crippen molar-refractivity contribution in [2.45, 2.75) is 116 Å². The number of unbranched alkanes of at least 4 members (excludes halogenated alkanes) is 9. The van der Waals surface area contributed by atoms with Crippen LogP contribution in [-0.4, -0.2) is 35.0 Å². The Morgan fingerprint density at radius 3 is 2.31 bits per heavy atom. The Kier molecular flexibility index (Phi) is 12.7. The Labute approximate surface area is 194 Å². The summed E-state index contributed by atoms with van der Waals surface area (Å²) in [5, 5.41) is 20.0. The third kappa shape index (κ3) is 9.50. The summed E-state index contributed by atoms with van der Waals surface area (Å²) in [7, 11) is 0. The topological polar surface area (TPSA) is 76.0 Å². The van der Waals surface area contributed by atoms with Gasteiger partial charge in [-0.15, -0.1) is 0 Å². The molecule has 2 N–H and O–H groups in total. The van der Waals surface area contributed by atoms with Crippen LogP contribution in [0.3, 0.4) is 0 Å². The van der Waals surface area contributed by atoms with E-state index in [1.165, 1.54) is 69.6 Å². The van der Waals surface area contributed by atoms with Gasteiger partial charge in [0.2, 0.25) is 0 Å². The van der Waals surface area contributed by atoms with Crippen molar-refractivity contribution >= 4 is 5.78 Å². The Hall–Kier alpha value is -1.59. The molecule has 1 aliphatic rings. The summed E-state index contributed by atoms with van der Waals surface area (Å²) in [6.45, 7) is 4.94. The van der Waals surface area contributed by atoms with Crippen LogP contribution >= 0.6 is 0 Å². The number of hydrogen-bond donors (Lipinski definition) is 2. The predicted octanol–water partition coefficient (Wildman–Crippen LogP) is 7.14. The molecule has 0 aromatic heterocycles. The molecular weight excluding hydrogens is 404 g/mol. The maximum atomic E-state index is 13.3. The number of phenols is 2. The minimum Gasteiger partial charge on any atom is -0.508 e. The molecule has 0 saturated carbocycles.